The number of aromatic nitrogens is 2. The molecule has 138 valence electrons. The fraction of sp³-hybridized carbons (Fsp3) is 0.118. The van der Waals surface area contributed by atoms with Crippen molar-refractivity contribution >= 4 is 54.0 Å². The largest absolute Gasteiger partial charge is 0.296 e. The Morgan fingerprint density at radius 1 is 1.15 bits per heavy atom. The number of rotatable bonds is 4. The van der Waals surface area contributed by atoms with Crippen LogP contribution in [-0.4, -0.2) is 31.1 Å². The van der Waals surface area contributed by atoms with Crippen LogP contribution in [0.1, 0.15) is 15.9 Å². The van der Waals surface area contributed by atoms with Crippen molar-refractivity contribution in [2.75, 3.05) is 16.2 Å². The number of amides is 1. The summed E-state index contributed by atoms with van der Waals surface area (Å²) in [7, 11) is -3.82. The molecule has 2 heterocycles. The number of carbonyl (C=O) groups is 1. The molecule has 1 aromatic heterocycles. The van der Waals surface area contributed by atoms with Gasteiger partial charge in [0, 0.05) is 16.6 Å². The molecule has 0 saturated heterocycles. The molecule has 0 atom stereocenters. The number of carbonyl (C=O) groups excluding carboxylic acids is 1. The molecule has 1 aliphatic heterocycles. The molecule has 27 heavy (non-hydrogen) atoms. The molecule has 10 heteroatoms. The van der Waals surface area contributed by atoms with Gasteiger partial charge in [0.05, 0.1) is 5.69 Å². The number of hydrogen-bond acceptors (Lipinski definition) is 6. The molecule has 1 amide bonds. The van der Waals surface area contributed by atoms with E-state index in [2.05, 4.69) is 31.4 Å². The van der Waals surface area contributed by atoms with Gasteiger partial charge in [0.2, 0.25) is 5.13 Å². The lowest BCUT2D eigenvalue weighted by molar-refractivity contribution is 0.102. The minimum atomic E-state index is -3.82. The van der Waals surface area contributed by atoms with Crippen molar-refractivity contribution in [3.8, 4) is 0 Å². The van der Waals surface area contributed by atoms with Gasteiger partial charge in [-0.15, -0.1) is 10.2 Å². The third kappa shape index (κ3) is 3.47. The van der Waals surface area contributed by atoms with Crippen LogP contribution in [0.5, 0.6) is 0 Å². The average molecular weight is 465 g/mol. The van der Waals surface area contributed by atoms with E-state index in [1.165, 1.54) is 4.31 Å². The number of nitrogens with one attached hydrogen (secondary N) is 1. The second kappa shape index (κ2) is 7.02. The normalized spacial score (nSPS) is 13.4. The second-order valence-electron chi connectivity index (χ2n) is 5.79. The predicted octanol–water partition coefficient (Wildman–Crippen LogP) is 3.30. The number of para-hydroxylation sites is 1. The van der Waals surface area contributed by atoms with E-state index in [4.69, 9.17) is 0 Å². The van der Waals surface area contributed by atoms with Crippen molar-refractivity contribution in [3.05, 3.63) is 64.1 Å². The Bertz CT molecular complexity index is 1130. The van der Waals surface area contributed by atoms with Crippen LogP contribution in [-0.2, 0) is 16.4 Å². The van der Waals surface area contributed by atoms with Crippen molar-refractivity contribution in [2.24, 2.45) is 0 Å². The Hall–Kier alpha value is -2.30. The van der Waals surface area contributed by atoms with Crippen LogP contribution in [0.3, 0.4) is 0 Å². The fourth-order valence-electron chi connectivity index (χ4n) is 2.82. The Labute approximate surface area is 168 Å². The molecule has 0 bridgehead atoms. The number of hydrogen-bond donors (Lipinski definition) is 1. The minimum Gasteiger partial charge on any atom is -0.296 e. The van der Waals surface area contributed by atoms with E-state index >= 15 is 0 Å². The minimum absolute atomic E-state index is 0.131. The van der Waals surface area contributed by atoms with Gasteiger partial charge in [-0.3, -0.25) is 14.4 Å². The highest BCUT2D eigenvalue weighted by Crippen LogP contribution is 2.34. The van der Waals surface area contributed by atoms with E-state index in [-0.39, 0.29) is 15.4 Å². The third-order valence-electron chi connectivity index (χ3n) is 4.07. The summed E-state index contributed by atoms with van der Waals surface area (Å²) in [4.78, 5) is 12.3. The topological polar surface area (TPSA) is 92.3 Å². The first-order chi connectivity index (χ1) is 12.9. The van der Waals surface area contributed by atoms with Crippen molar-refractivity contribution in [2.45, 2.75) is 10.8 Å². The highest BCUT2D eigenvalue weighted by Gasteiger charge is 2.33. The molecule has 0 fully saturated rings. The van der Waals surface area contributed by atoms with Gasteiger partial charge >= 0.3 is 0 Å². The van der Waals surface area contributed by atoms with Crippen molar-refractivity contribution in [1.29, 1.82) is 0 Å². The summed E-state index contributed by atoms with van der Waals surface area (Å²) in [6.45, 7) is 0.362. The Balaban J connectivity index is 1.56. The first kappa shape index (κ1) is 18.1. The molecule has 0 saturated carbocycles. The van der Waals surface area contributed by atoms with E-state index in [1.54, 1.807) is 36.4 Å². The maximum atomic E-state index is 12.9. The molecule has 1 aliphatic rings. The van der Waals surface area contributed by atoms with E-state index in [1.807, 2.05) is 12.1 Å². The summed E-state index contributed by atoms with van der Waals surface area (Å²) >= 11 is 4.14. The monoisotopic (exact) mass is 464 g/mol. The zero-order chi connectivity index (χ0) is 19.0. The fourth-order valence-corrected chi connectivity index (χ4v) is 5.72. The number of fused-ring (bicyclic) bond motifs is 1. The maximum absolute atomic E-state index is 12.9. The Morgan fingerprint density at radius 2 is 1.96 bits per heavy atom. The second-order valence-corrected chi connectivity index (χ2v) is 9.72. The Kier molecular flexibility index (Phi) is 4.70. The molecule has 7 nitrogen and oxygen atoms in total. The van der Waals surface area contributed by atoms with Gasteiger partial charge in [0.15, 0.2) is 0 Å². The molecular formula is C17H13BrN4O3S2. The average Bonchev–Trinajstić information content (AvgIpc) is 3.29. The van der Waals surface area contributed by atoms with Crippen LogP contribution < -0.4 is 9.62 Å². The van der Waals surface area contributed by atoms with Crippen LogP contribution in [0.2, 0.25) is 0 Å². The van der Waals surface area contributed by atoms with Crippen LogP contribution in [0, 0.1) is 0 Å². The summed E-state index contributed by atoms with van der Waals surface area (Å²) in [5.74, 6) is -0.386. The van der Waals surface area contributed by atoms with Gasteiger partial charge in [-0.05, 0) is 36.2 Å². The molecular weight excluding hydrogens is 452 g/mol. The molecule has 0 unspecified atom stereocenters. The highest BCUT2D eigenvalue weighted by molar-refractivity contribution is 9.10. The number of sulfonamides is 1. The van der Waals surface area contributed by atoms with Gasteiger partial charge in [-0.2, -0.15) is 8.42 Å². The summed E-state index contributed by atoms with van der Waals surface area (Å²) in [5.41, 5.74) is 2.07. The summed E-state index contributed by atoms with van der Waals surface area (Å²) in [6, 6.07) is 14.2. The van der Waals surface area contributed by atoms with E-state index in [0.717, 1.165) is 21.4 Å². The lowest BCUT2D eigenvalue weighted by atomic mass is 10.2. The summed E-state index contributed by atoms with van der Waals surface area (Å²) in [6.07, 6.45) is 0.653. The summed E-state index contributed by atoms with van der Waals surface area (Å²) in [5, 5.41) is 10.3. The quantitative estimate of drug-likeness (QED) is 0.597. The van der Waals surface area contributed by atoms with Crippen LogP contribution in [0.4, 0.5) is 10.8 Å². The number of halogens is 1. The standard InChI is InChI=1S/C17H13BrN4O3S2/c18-13-6-3-5-12(10-13)15(23)19-16-20-21-17(26-16)27(24,25)22-9-8-11-4-1-2-7-14(11)22/h1-7,10H,8-9H2,(H,19,20,23). The smallest absolute Gasteiger partial charge is 0.293 e. The number of anilines is 2. The zero-order valence-corrected chi connectivity index (χ0v) is 17.0. The SMILES string of the molecule is O=C(Nc1nnc(S(=O)(=O)N2CCc3ccccc32)s1)c1cccc(Br)c1. The highest BCUT2D eigenvalue weighted by atomic mass is 79.9. The zero-order valence-electron chi connectivity index (χ0n) is 13.8. The first-order valence-corrected chi connectivity index (χ1v) is 11.0. The third-order valence-corrected chi connectivity index (χ3v) is 7.56. The van der Waals surface area contributed by atoms with Crippen LogP contribution in [0.25, 0.3) is 0 Å². The van der Waals surface area contributed by atoms with Crippen molar-refractivity contribution in [1.82, 2.24) is 10.2 Å². The Morgan fingerprint density at radius 3 is 2.78 bits per heavy atom. The first-order valence-electron chi connectivity index (χ1n) is 7.96. The molecule has 2 aromatic carbocycles. The predicted molar refractivity (Wildman–Crippen MR) is 107 cm³/mol. The maximum Gasteiger partial charge on any atom is 0.293 e. The summed E-state index contributed by atoms with van der Waals surface area (Å²) < 4.78 is 27.8. The van der Waals surface area contributed by atoms with Gasteiger partial charge in [-0.25, -0.2) is 0 Å². The van der Waals surface area contributed by atoms with E-state index < -0.39 is 10.0 Å². The van der Waals surface area contributed by atoms with E-state index in [0.29, 0.717) is 24.2 Å². The molecule has 0 aliphatic carbocycles. The molecule has 1 N–H and O–H groups in total. The van der Waals surface area contributed by atoms with Gasteiger partial charge < -0.3 is 0 Å². The number of benzene rings is 2. The van der Waals surface area contributed by atoms with Gasteiger partial charge in [0.1, 0.15) is 0 Å². The molecule has 3 aromatic rings. The molecule has 4 rings (SSSR count). The lowest BCUT2D eigenvalue weighted by Gasteiger charge is -2.17. The lowest BCUT2D eigenvalue weighted by Crippen LogP contribution is -2.29. The van der Waals surface area contributed by atoms with Gasteiger partial charge in [-0.1, -0.05) is 51.5 Å². The molecule has 0 spiro atoms. The van der Waals surface area contributed by atoms with Crippen LogP contribution in [0.15, 0.2) is 57.3 Å². The molecule has 0 radical (unpaired) electrons. The van der Waals surface area contributed by atoms with Gasteiger partial charge in [0.25, 0.3) is 20.3 Å². The van der Waals surface area contributed by atoms with E-state index in [9.17, 15) is 13.2 Å². The van der Waals surface area contributed by atoms with Crippen LogP contribution >= 0.6 is 27.3 Å². The number of nitrogens with zero attached hydrogens (tertiary/aromatic N) is 3. The van der Waals surface area contributed by atoms with Crippen molar-refractivity contribution < 1.29 is 13.2 Å². The van der Waals surface area contributed by atoms with Crippen molar-refractivity contribution in [3.63, 3.8) is 0 Å².